The molecule has 5 heteroatoms. The van der Waals surface area contributed by atoms with Crippen LogP contribution in [0.1, 0.15) is 24.8 Å². The van der Waals surface area contributed by atoms with E-state index in [1.807, 2.05) is 0 Å². The number of carbonyl (C=O) groups is 2. The number of benzene rings is 1. The van der Waals surface area contributed by atoms with E-state index in [9.17, 15) is 14.0 Å². The Morgan fingerprint density at radius 1 is 1.24 bits per heavy atom. The van der Waals surface area contributed by atoms with Crippen molar-refractivity contribution in [2.24, 2.45) is 0 Å². The Bertz CT molecular complexity index is 518. The fourth-order valence-corrected chi connectivity index (χ4v) is 1.83. The Labute approximate surface area is 97.3 Å². The summed E-state index contributed by atoms with van der Waals surface area (Å²) in [6.45, 7) is 0. The Morgan fingerprint density at radius 3 is 2.47 bits per heavy atom. The van der Waals surface area contributed by atoms with Gasteiger partial charge in [0, 0.05) is 12.8 Å². The van der Waals surface area contributed by atoms with Gasteiger partial charge < -0.3 is 0 Å². The average molecular weight is 232 g/mol. The van der Waals surface area contributed by atoms with Crippen molar-refractivity contribution in [1.82, 2.24) is 0 Å². The summed E-state index contributed by atoms with van der Waals surface area (Å²) >= 11 is 0. The number of carbonyl (C=O) groups excluding carboxylic acids is 2. The normalized spacial score (nSPS) is 15.9. The van der Waals surface area contributed by atoms with Gasteiger partial charge in [-0.3, -0.25) is 9.59 Å². The van der Waals surface area contributed by atoms with E-state index in [0.717, 1.165) is 11.0 Å². The summed E-state index contributed by atoms with van der Waals surface area (Å²) in [5, 5.41) is 8.86. The quantitative estimate of drug-likeness (QED) is 0.693. The molecule has 0 unspecified atom stereocenters. The molecule has 86 valence electrons. The van der Waals surface area contributed by atoms with Gasteiger partial charge in [-0.15, -0.1) is 0 Å². The van der Waals surface area contributed by atoms with Gasteiger partial charge in [0.1, 0.15) is 17.4 Å². The van der Waals surface area contributed by atoms with Crippen molar-refractivity contribution in [2.75, 3.05) is 4.90 Å². The predicted molar refractivity (Wildman–Crippen MR) is 57.5 cm³/mol. The molecule has 1 aromatic carbocycles. The topological polar surface area (TPSA) is 61.2 Å². The fraction of sp³-hybridized carbons (Fsp3) is 0.250. The van der Waals surface area contributed by atoms with Crippen molar-refractivity contribution >= 4 is 17.5 Å². The molecule has 0 N–H and O–H groups in total. The molecule has 1 heterocycles. The molecule has 17 heavy (non-hydrogen) atoms. The SMILES string of the molecule is N#Cc1c(F)cccc1N1C(=O)CCCC1=O. The van der Waals surface area contributed by atoms with Crippen molar-refractivity contribution in [2.45, 2.75) is 19.3 Å². The molecule has 0 aromatic heterocycles. The van der Waals surface area contributed by atoms with Crippen LogP contribution in [0.15, 0.2) is 18.2 Å². The van der Waals surface area contributed by atoms with Crippen LogP contribution in [-0.2, 0) is 9.59 Å². The highest BCUT2D eigenvalue weighted by Crippen LogP contribution is 2.26. The smallest absolute Gasteiger partial charge is 0.233 e. The van der Waals surface area contributed by atoms with Crippen LogP contribution in [0.25, 0.3) is 0 Å². The monoisotopic (exact) mass is 232 g/mol. The van der Waals surface area contributed by atoms with E-state index in [4.69, 9.17) is 5.26 Å². The first-order chi connectivity index (χ1) is 8.15. The average Bonchev–Trinajstić information content (AvgIpc) is 2.29. The summed E-state index contributed by atoms with van der Waals surface area (Å²) in [6.07, 6.45) is 0.992. The van der Waals surface area contributed by atoms with Crippen LogP contribution in [0.2, 0.25) is 0 Å². The second-order valence-corrected chi connectivity index (χ2v) is 3.72. The summed E-state index contributed by atoms with van der Waals surface area (Å²) in [4.78, 5) is 24.2. The summed E-state index contributed by atoms with van der Waals surface area (Å²) in [5.74, 6) is -1.50. The van der Waals surface area contributed by atoms with E-state index in [1.54, 1.807) is 6.07 Å². The van der Waals surface area contributed by atoms with Crippen LogP contribution in [0.4, 0.5) is 10.1 Å². The molecule has 0 atom stereocenters. The first-order valence-corrected chi connectivity index (χ1v) is 5.19. The molecule has 0 saturated carbocycles. The van der Waals surface area contributed by atoms with Gasteiger partial charge in [0.05, 0.1) is 5.69 Å². The second kappa shape index (κ2) is 4.34. The van der Waals surface area contributed by atoms with Crippen LogP contribution < -0.4 is 4.90 Å². The lowest BCUT2D eigenvalue weighted by molar-refractivity contribution is -0.129. The predicted octanol–water partition coefficient (Wildman–Crippen LogP) is 1.74. The number of rotatable bonds is 1. The van der Waals surface area contributed by atoms with E-state index in [-0.39, 0.29) is 35.9 Å². The van der Waals surface area contributed by atoms with Gasteiger partial charge in [-0.25, -0.2) is 9.29 Å². The molecule has 1 aliphatic heterocycles. The van der Waals surface area contributed by atoms with E-state index in [2.05, 4.69) is 0 Å². The third-order valence-corrected chi connectivity index (χ3v) is 2.62. The number of nitrogens with zero attached hydrogens (tertiary/aromatic N) is 2. The zero-order valence-electron chi connectivity index (χ0n) is 8.94. The summed E-state index contributed by atoms with van der Waals surface area (Å²) in [5.41, 5.74) is -0.224. The maximum absolute atomic E-state index is 13.4. The lowest BCUT2D eigenvalue weighted by atomic mass is 10.1. The zero-order chi connectivity index (χ0) is 12.4. The van der Waals surface area contributed by atoms with Crippen LogP contribution in [0, 0.1) is 17.1 Å². The highest BCUT2D eigenvalue weighted by molar-refractivity contribution is 6.17. The largest absolute Gasteiger partial charge is 0.274 e. The van der Waals surface area contributed by atoms with E-state index in [1.165, 1.54) is 12.1 Å². The molecule has 1 aromatic rings. The highest BCUT2D eigenvalue weighted by Gasteiger charge is 2.29. The molecule has 0 radical (unpaired) electrons. The number of nitriles is 1. The molecule has 1 fully saturated rings. The maximum Gasteiger partial charge on any atom is 0.233 e. The van der Waals surface area contributed by atoms with Gasteiger partial charge in [0.2, 0.25) is 11.8 Å². The Hall–Kier alpha value is -2.22. The van der Waals surface area contributed by atoms with Crippen molar-refractivity contribution in [3.05, 3.63) is 29.6 Å². The molecule has 0 spiro atoms. The molecule has 1 aliphatic rings. The number of hydrogen-bond donors (Lipinski definition) is 0. The molecular weight excluding hydrogens is 223 g/mol. The fourth-order valence-electron chi connectivity index (χ4n) is 1.83. The first kappa shape index (κ1) is 11.3. The molecular formula is C12H9FN2O2. The summed E-state index contributed by atoms with van der Waals surface area (Å²) in [6, 6.07) is 5.59. The Kier molecular flexibility index (Phi) is 2.88. The molecule has 0 bridgehead atoms. The molecule has 2 amide bonds. The number of halogens is 1. The zero-order valence-corrected chi connectivity index (χ0v) is 8.94. The summed E-state index contributed by atoms with van der Waals surface area (Å²) in [7, 11) is 0. The molecule has 0 aliphatic carbocycles. The Morgan fingerprint density at radius 2 is 1.88 bits per heavy atom. The molecule has 4 nitrogen and oxygen atoms in total. The number of hydrogen-bond acceptors (Lipinski definition) is 3. The van der Waals surface area contributed by atoms with Crippen molar-refractivity contribution in [3.8, 4) is 6.07 Å². The highest BCUT2D eigenvalue weighted by atomic mass is 19.1. The van der Waals surface area contributed by atoms with Gasteiger partial charge in [-0.05, 0) is 18.6 Å². The van der Waals surface area contributed by atoms with Crippen LogP contribution in [-0.4, -0.2) is 11.8 Å². The van der Waals surface area contributed by atoms with Crippen LogP contribution >= 0.6 is 0 Å². The van der Waals surface area contributed by atoms with Crippen molar-refractivity contribution < 1.29 is 14.0 Å². The van der Waals surface area contributed by atoms with Crippen LogP contribution in [0.3, 0.4) is 0 Å². The van der Waals surface area contributed by atoms with E-state index in [0.29, 0.717) is 6.42 Å². The minimum atomic E-state index is -0.726. The van der Waals surface area contributed by atoms with Crippen molar-refractivity contribution in [1.29, 1.82) is 5.26 Å². The van der Waals surface area contributed by atoms with Gasteiger partial charge in [0.15, 0.2) is 0 Å². The standard InChI is InChI=1S/C12H9FN2O2/c13-9-3-1-4-10(8(9)7-14)15-11(16)5-2-6-12(15)17/h1,3-4H,2,5-6H2. The van der Waals surface area contributed by atoms with Gasteiger partial charge in [-0.1, -0.05) is 6.07 Å². The van der Waals surface area contributed by atoms with Crippen molar-refractivity contribution in [3.63, 3.8) is 0 Å². The lowest BCUT2D eigenvalue weighted by Gasteiger charge is -2.25. The van der Waals surface area contributed by atoms with Gasteiger partial charge >= 0.3 is 0 Å². The second-order valence-electron chi connectivity index (χ2n) is 3.72. The van der Waals surface area contributed by atoms with E-state index >= 15 is 0 Å². The summed E-state index contributed by atoms with van der Waals surface area (Å²) < 4.78 is 13.4. The number of imide groups is 1. The first-order valence-electron chi connectivity index (χ1n) is 5.19. The minimum absolute atomic E-state index is 0.0437. The number of piperidine rings is 1. The lowest BCUT2D eigenvalue weighted by Crippen LogP contribution is -2.40. The number of anilines is 1. The minimum Gasteiger partial charge on any atom is -0.274 e. The molecule has 1 saturated heterocycles. The third-order valence-electron chi connectivity index (χ3n) is 2.62. The number of amides is 2. The maximum atomic E-state index is 13.4. The van der Waals surface area contributed by atoms with E-state index < -0.39 is 5.82 Å². The third kappa shape index (κ3) is 1.89. The van der Waals surface area contributed by atoms with Gasteiger partial charge in [0.25, 0.3) is 0 Å². The van der Waals surface area contributed by atoms with Crippen LogP contribution in [0.5, 0.6) is 0 Å². The van der Waals surface area contributed by atoms with Gasteiger partial charge in [-0.2, -0.15) is 5.26 Å². The molecule has 2 rings (SSSR count). The Balaban J connectivity index is 2.53.